The standard InChI is InChI=1S/C18H24FNO2/c19-15-8-4-13(5-9-15)17(12-2-1-3-12)20-16-10-6-14(7-11-16)18(21)22/h4-5,8-9,12,14,16-17,20H,1-3,6-7,10-11H2,(H,21,22). The zero-order chi connectivity index (χ0) is 15.5. The Bertz CT molecular complexity index is 504. The monoisotopic (exact) mass is 305 g/mol. The summed E-state index contributed by atoms with van der Waals surface area (Å²) in [6.45, 7) is 0. The van der Waals surface area contributed by atoms with E-state index in [0.717, 1.165) is 31.2 Å². The van der Waals surface area contributed by atoms with Gasteiger partial charge in [-0.2, -0.15) is 0 Å². The van der Waals surface area contributed by atoms with Crippen molar-refractivity contribution in [3.63, 3.8) is 0 Å². The van der Waals surface area contributed by atoms with E-state index in [9.17, 15) is 9.18 Å². The van der Waals surface area contributed by atoms with E-state index >= 15 is 0 Å². The molecular weight excluding hydrogens is 281 g/mol. The molecule has 0 amide bonds. The van der Waals surface area contributed by atoms with Gasteiger partial charge in [0.05, 0.1) is 5.92 Å². The van der Waals surface area contributed by atoms with Crippen LogP contribution in [-0.2, 0) is 4.79 Å². The molecule has 2 fully saturated rings. The van der Waals surface area contributed by atoms with Gasteiger partial charge in [-0.3, -0.25) is 4.79 Å². The molecule has 4 heteroatoms. The van der Waals surface area contributed by atoms with Crippen molar-refractivity contribution in [1.29, 1.82) is 0 Å². The lowest BCUT2D eigenvalue weighted by atomic mass is 9.76. The first-order chi connectivity index (χ1) is 10.6. The maximum absolute atomic E-state index is 13.1. The van der Waals surface area contributed by atoms with Gasteiger partial charge in [-0.15, -0.1) is 0 Å². The number of carboxylic acids is 1. The minimum absolute atomic E-state index is 0.175. The van der Waals surface area contributed by atoms with E-state index in [4.69, 9.17) is 5.11 Å². The Morgan fingerprint density at radius 2 is 1.73 bits per heavy atom. The first-order valence-corrected chi connectivity index (χ1v) is 8.38. The van der Waals surface area contributed by atoms with Crippen LogP contribution in [0, 0.1) is 17.7 Å². The summed E-state index contributed by atoms with van der Waals surface area (Å²) in [5, 5.41) is 12.8. The van der Waals surface area contributed by atoms with Gasteiger partial charge in [-0.25, -0.2) is 4.39 Å². The quantitative estimate of drug-likeness (QED) is 0.867. The Morgan fingerprint density at radius 1 is 1.09 bits per heavy atom. The molecule has 2 aliphatic carbocycles. The maximum atomic E-state index is 13.1. The smallest absolute Gasteiger partial charge is 0.306 e. The molecule has 0 heterocycles. The minimum Gasteiger partial charge on any atom is -0.481 e. The maximum Gasteiger partial charge on any atom is 0.306 e. The lowest BCUT2D eigenvalue weighted by Gasteiger charge is -2.38. The highest BCUT2D eigenvalue weighted by Gasteiger charge is 2.32. The van der Waals surface area contributed by atoms with Crippen LogP contribution in [0.2, 0.25) is 0 Å². The summed E-state index contributed by atoms with van der Waals surface area (Å²) in [6, 6.07) is 7.49. The zero-order valence-corrected chi connectivity index (χ0v) is 12.8. The highest BCUT2D eigenvalue weighted by Crippen LogP contribution is 2.39. The number of carbonyl (C=O) groups is 1. The molecule has 0 aromatic heterocycles. The van der Waals surface area contributed by atoms with Gasteiger partial charge >= 0.3 is 5.97 Å². The Morgan fingerprint density at radius 3 is 2.23 bits per heavy atom. The number of halogens is 1. The molecule has 1 unspecified atom stereocenters. The average molecular weight is 305 g/mol. The molecule has 3 nitrogen and oxygen atoms in total. The van der Waals surface area contributed by atoms with Crippen LogP contribution < -0.4 is 5.32 Å². The Kier molecular flexibility index (Phi) is 4.77. The first-order valence-electron chi connectivity index (χ1n) is 8.38. The van der Waals surface area contributed by atoms with Crippen LogP contribution in [0.1, 0.15) is 56.6 Å². The van der Waals surface area contributed by atoms with Crippen molar-refractivity contribution >= 4 is 5.97 Å². The number of aliphatic carboxylic acids is 1. The third-order valence-corrected chi connectivity index (χ3v) is 5.34. The number of benzene rings is 1. The van der Waals surface area contributed by atoms with Gasteiger partial charge in [-0.05, 0) is 62.1 Å². The second kappa shape index (κ2) is 6.78. The van der Waals surface area contributed by atoms with Crippen LogP contribution >= 0.6 is 0 Å². The van der Waals surface area contributed by atoms with Crippen molar-refractivity contribution in [2.75, 3.05) is 0 Å². The molecule has 2 aliphatic rings. The molecule has 0 spiro atoms. The summed E-state index contributed by atoms with van der Waals surface area (Å²) in [4.78, 5) is 11.0. The van der Waals surface area contributed by atoms with Gasteiger partial charge in [0.2, 0.25) is 0 Å². The van der Waals surface area contributed by atoms with Gasteiger partial charge in [-0.1, -0.05) is 18.6 Å². The molecule has 120 valence electrons. The zero-order valence-electron chi connectivity index (χ0n) is 12.8. The highest BCUT2D eigenvalue weighted by atomic mass is 19.1. The second-order valence-electron chi connectivity index (χ2n) is 6.77. The molecule has 1 aromatic rings. The number of hydrogen-bond acceptors (Lipinski definition) is 2. The van der Waals surface area contributed by atoms with Crippen LogP contribution in [-0.4, -0.2) is 17.1 Å². The Hall–Kier alpha value is -1.42. The average Bonchev–Trinajstić information content (AvgIpc) is 2.46. The van der Waals surface area contributed by atoms with Gasteiger partial charge in [0.1, 0.15) is 5.82 Å². The molecule has 0 aliphatic heterocycles. The van der Waals surface area contributed by atoms with Crippen molar-refractivity contribution in [3.8, 4) is 0 Å². The summed E-state index contributed by atoms with van der Waals surface area (Å²) in [6.07, 6.45) is 7.07. The van der Waals surface area contributed by atoms with Crippen molar-refractivity contribution in [2.24, 2.45) is 11.8 Å². The third kappa shape index (κ3) is 3.49. The summed E-state index contributed by atoms with van der Waals surface area (Å²) < 4.78 is 13.1. The molecule has 0 saturated heterocycles. The largest absolute Gasteiger partial charge is 0.481 e. The lowest BCUT2D eigenvalue weighted by molar-refractivity contribution is -0.142. The summed E-state index contributed by atoms with van der Waals surface area (Å²) in [5.74, 6) is -0.403. The topological polar surface area (TPSA) is 49.3 Å². The number of carboxylic acid groups (broad SMARTS) is 1. The molecule has 22 heavy (non-hydrogen) atoms. The van der Waals surface area contributed by atoms with E-state index in [-0.39, 0.29) is 17.8 Å². The normalized spacial score (nSPS) is 27.1. The van der Waals surface area contributed by atoms with Gasteiger partial charge in [0, 0.05) is 12.1 Å². The molecule has 2 saturated carbocycles. The number of rotatable bonds is 5. The predicted molar refractivity (Wildman–Crippen MR) is 83.0 cm³/mol. The minimum atomic E-state index is -0.660. The van der Waals surface area contributed by atoms with Crippen molar-refractivity contribution in [2.45, 2.75) is 57.0 Å². The SMILES string of the molecule is O=C(O)C1CCC(NC(c2ccc(F)cc2)C2CCC2)CC1. The van der Waals surface area contributed by atoms with Crippen molar-refractivity contribution in [3.05, 3.63) is 35.6 Å². The summed E-state index contributed by atoms with van der Waals surface area (Å²) >= 11 is 0. The number of nitrogens with one attached hydrogen (secondary N) is 1. The molecule has 1 atom stereocenters. The van der Waals surface area contributed by atoms with Gasteiger partial charge in [0.15, 0.2) is 0 Å². The fraction of sp³-hybridized carbons (Fsp3) is 0.611. The first kappa shape index (κ1) is 15.5. The van der Waals surface area contributed by atoms with Crippen molar-refractivity contribution in [1.82, 2.24) is 5.32 Å². The second-order valence-corrected chi connectivity index (χ2v) is 6.77. The van der Waals surface area contributed by atoms with E-state index < -0.39 is 5.97 Å². The van der Waals surface area contributed by atoms with E-state index in [1.165, 1.54) is 31.4 Å². The van der Waals surface area contributed by atoms with Crippen LogP contribution in [0.3, 0.4) is 0 Å². The number of hydrogen-bond donors (Lipinski definition) is 2. The molecule has 0 radical (unpaired) electrons. The third-order valence-electron chi connectivity index (χ3n) is 5.34. The Balaban J connectivity index is 1.64. The van der Waals surface area contributed by atoms with Crippen molar-refractivity contribution < 1.29 is 14.3 Å². The molecule has 2 N–H and O–H groups in total. The highest BCUT2D eigenvalue weighted by molar-refractivity contribution is 5.70. The van der Waals surface area contributed by atoms with E-state index in [1.54, 1.807) is 0 Å². The van der Waals surface area contributed by atoms with Crippen LogP contribution in [0.25, 0.3) is 0 Å². The molecule has 0 bridgehead atoms. The van der Waals surface area contributed by atoms with E-state index in [2.05, 4.69) is 5.32 Å². The molecule has 1 aromatic carbocycles. The van der Waals surface area contributed by atoms with Crippen LogP contribution in [0.5, 0.6) is 0 Å². The molecule has 3 rings (SSSR count). The molecular formula is C18H24FNO2. The predicted octanol–water partition coefficient (Wildman–Crippen LogP) is 3.90. The summed E-state index contributed by atoms with van der Waals surface area (Å²) in [7, 11) is 0. The van der Waals surface area contributed by atoms with Gasteiger partial charge in [0.25, 0.3) is 0 Å². The fourth-order valence-electron chi connectivity index (χ4n) is 3.71. The van der Waals surface area contributed by atoms with Gasteiger partial charge < -0.3 is 10.4 Å². The Labute approximate surface area is 130 Å². The van der Waals surface area contributed by atoms with Crippen LogP contribution in [0.15, 0.2) is 24.3 Å². The van der Waals surface area contributed by atoms with Crippen LogP contribution in [0.4, 0.5) is 4.39 Å². The fourth-order valence-corrected chi connectivity index (χ4v) is 3.71. The van der Waals surface area contributed by atoms with E-state index in [0.29, 0.717) is 12.0 Å². The van der Waals surface area contributed by atoms with E-state index in [1.807, 2.05) is 12.1 Å². The lowest BCUT2D eigenvalue weighted by Crippen LogP contribution is -2.41. The summed E-state index contributed by atoms with van der Waals surface area (Å²) in [5.41, 5.74) is 1.16.